The van der Waals surface area contributed by atoms with E-state index in [2.05, 4.69) is 15.3 Å². The molecule has 4 N–H and O–H groups in total. The number of hydrogen-bond donors (Lipinski definition) is 3. The first-order valence-corrected chi connectivity index (χ1v) is 8.31. The normalized spacial score (nSPS) is 11.8. The average Bonchev–Trinajstić information content (AvgIpc) is 2.80. The van der Waals surface area contributed by atoms with Crippen molar-refractivity contribution in [2.45, 2.75) is 32.9 Å². The topological polar surface area (TPSA) is 136 Å². The van der Waals surface area contributed by atoms with E-state index in [1.807, 2.05) is 0 Å². The zero-order chi connectivity index (χ0) is 18.6. The van der Waals surface area contributed by atoms with Crippen molar-refractivity contribution in [3.05, 3.63) is 28.8 Å². The van der Waals surface area contributed by atoms with Crippen molar-refractivity contribution in [1.29, 1.82) is 5.41 Å². The van der Waals surface area contributed by atoms with Gasteiger partial charge in [-0.25, -0.2) is 14.8 Å². The summed E-state index contributed by atoms with van der Waals surface area (Å²) >= 11 is 1.11. The average molecular weight is 364 g/mol. The van der Waals surface area contributed by atoms with Crippen LogP contribution < -0.4 is 15.9 Å². The molecule has 10 heteroatoms. The highest BCUT2D eigenvalue weighted by Crippen LogP contribution is 2.12. The van der Waals surface area contributed by atoms with Crippen LogP contribution in [0, 0.1) is 5.41 Å². The largest absolute Gasteiger partial charge is 0.444 e. The molecule has 2 amide bonds. The fraction of sp³-hybridized carbons (Fsp3) is 0.400. The minimum Gasteiger partial charge on any atom is -0.444 e. The SMILES string of the molecule is CC(C)(C)OC(=O)NC/C=C/Cn1c(=N)sc2nc(C(N)=O)cnc21. The molecule has 9 nitrogen and oxygen atoms in total. The van der Waals surface area contributed by atoms with E-state index in [9.17, 15) is 9.59 Å². The number of allylic oxidation sites excluding steroid dienone is 1. The molecular formula is C15H20N6O3S. The molecule has 0 atom stereocenters. The molecule has 0 spiro atoms. The second-order valence-electron chi connectivity index (χ2n) is 6.12. The van der Waals surface area contributed by atoms with Gasteiger partial charge < -0.3 is 15.8 Å². The number of nitrogens with zero attached hydrogens (tertiary/aromatic N) is 3. The van der Waals surface area contributed by atoms with Gasteiger partial charge in [-0.3, -0.25) is 14.8 Å². The Bertz CT molecular complexity index is 877. The predicted octanol–water partition coefficient (Wildman–Crippen LogP) is 1.15. The Balaban J connectivity index is 1.99. The van der Waals surface area contributed by atoms with Crippen molar-refractivity contribution in [3.8, 4) is 0 Å². The molecule has 0 unspecified atom stereocenters. The molecule has 2 heterocycles. The van der Waals surface area contributed by atoms with Gasteiger partial charge in [0.1, 0.15) is 11.3 Å². The van der Waals surface area contributed by atoms with Crippen LogP contribution in [-0.2, 0) is 11.3 Å². The number of rotatable bonds is 5. The number of nitrogens with one attached hydrogen (secondary N) is 2. The van der Waals surface area contributed by atoms with Crippen LogP contribution in [0.2, 0.25) is 0 Å². The maximum atomic E-state index is 11.5. The van der Waals surface area contributed by atoms with Crippen LogP contribution in [0.4, 0.5) is 4.79 Å². The molecule has 0 aliphatic heterocycles. The molecule has 0 saturated carbocycles. The minimum absolute atomic E-state index is 0.0676. The smallest absolute Gasteiger partial charge is 0.407 e. The van der Waals surface area contributed by atoms with Gasteiger partial charge in [-0.05, 0) is 20.8 Å². The number of thiazole rings is 1. The second-order valence-corrected chi connectivity index (χ2v) is 7.10. The van der Waals surface area contributed by atoms with Crippen LogP contribution in [-0.4, -0.2) is 38.7 Å². The quantitative estimate of drug-likeness (QED) is 0.684. The van der Waals surface area contributed by atoms with Gasteiger partial charge in [0, 0.05) is 13.1 Å². The Morgan fingerprint density at radius 3 is 2.80 bits per heavy atom. The lowest BCUT2D eigenvalue weighted by atomic mass is 10.2. The van der Waals surface area contributed by atoms with Crippen molar-refractivity contribution >= 4 is 33.8 Å². The standard InChI is InChI=1S/C15H20N6O3S/c1-15(2,3)24-14(23)18-6-4-5-7-21-11-12(25-13(21)17)20-9(8-19-11)10(16)22/h4-5,8,17H,6-7H2,1-3H3,(H2,16,22)(H,18,23)/b5-4+,17-13?. The molecule has 0 radical (unpaired) electrons. The van der Waals surface area contributed by atoms with Gasteiger partial charge in [0.25, 0.3) is 5.91 Å². The third-order valence-electron chi connectivity index (χ3n) is 2.89. The maximum Gasteiger partial charge on any atom is 0.407 e. The van der Waals surface area contributed by atoms with Crippen LogP contribution in [0.15, 0.2) is 18.3 Å². The molecule has 134 valence electrons. The highest BCUT2D eigenvalue weighted by atomic mass is 32.1. The van der Waals surface area contributed by atoms with Crippen LogP contribution in [0.3, 0.4) is 0 Å². The first kappa shape index (κ1) is 18.6. The van der Waals surface area contributed by atoms with Crippen LogP contribution in [0.5, 0.6) is 0 Å². The van der Waals surface area contributed by atoms with E-state index in [1.165, 1.54) is 6.20 Å². The molecule has 0 aliphatic carbocycles. The van der Waals surface area contributed by atoms with Crippen molar-refractivity contribution in [3.63, 3.8) is 0 Å². The number of amides is 2. The monoisotopic (exact) mass is 364 g/mol. The number of hydrogen-bond acceptors (Lipinski definition) is 7. The second kappa shape index (κ2) is 7.43. The zero-order valence-corrected chi connectivity index (χ0v) is 15.0. The molecule has 25 heavy (non-hydrogen) atoms. The summed E-state index contributed by atoms with van der Waals surface area (Å²) in [4.78, 5) is 31.6. The van der Waals surface area contributed by atoms with Crippen LogP contribution in [0.1, 0.15) is 31.3 Å². The van der Waals surface area contributed by atoms with E-state index in [1.54, 1.807) is 37.5 Å². The molecule has 0 aromatic carbocycles. The summed E-state index contributed by atoms with van der Waals surface area (Å²) in [6, 6.07) is 0. The minimum atomic E-state index is -0.658. The number of aromatic nitrogens is 3. The first-order chi connectivity index (χ1) is 11.7. The summed E-state index contributed by atoms with van der Waals surface area (Å²) < 4.78 is 6.76. The van der Waals surface area contributed by atoms with E-state index in [0.717, 1.165) is 11.3 Å². The summed E-state index contributed by atoms with van der Waals surface area (Å²) in [5.74, 6) is -0.658. The number of alkyl carbamates (subject to hydrolysis) is 1. The first-order valence-electron chi connectivity index (χ1n) is 7.50. The Kier molecular flexibility index (Phi) is 5.52. The van der Waals surface area contributed by atoms with Crippen molar-refractivity contribution < 1.29 is 14.3 Å². The summed E-state index contributed by atoms with van der Waals surface area (Å²) in [7, 11) is 0. The van der Waals surface area contributed by atoms with Gasteiger partial charge in [0.15, 0.2) is 15.3 Å². The molecule has 2 aromatic rings. The van der Waals surface area contributed by atoms with Gasteiger partial charge in [-0.1, -0.05) is 23.5 Å². The van der Waals surface area contributed by atoms with Crippen LogP contribution in [0.25, 0.3) is 10.5 Å². The Hall–Kier alpha value is -2.75. The fourth-order valence-electron chi connectivity index (χ4n) is 1.87. The number of carbonyl (C=O) groups excluding carboxylic acids is 2. The van der Waals surface area contributed by atoms with E-state index in [4.69, 9.17) is 15.9 Å². The lowest BCUT2D eigenvalue weighted by Gasteiger charge is -2.19. The molecular weight excluding hydrogens is 344 g/mol. The van der Waals surface area contributed by atoms with Gasteiger partial charge in [-0.15, -0.1) is 0 Å². The van der Waals surface area contributed by atoms with E-state index in [0.29, 0.717) is 23.6 Å². The molecule has 0 saturated heterocycles. The summed E-state index contributed by atoms with van der Waals surface area (Å²) in [5, 5.41) is 10.6. The number of carbonyl (C=O) groups is 2. The lowest BCUT2D eigenvalue weighted by molar-refractivity contribution is 0.0534. The Morgan fingerprint density at radius 2 is 2.16 bits per heavy atom. The Labute approximate surface area is 148 Å². The molecule has 0 fully saturated rings. The van der Waals surface area contributed by atoms with Gasteiger partial charge in [0.05, 0.1) is 6.20 Å². The maximum absolute atomic E-state index is 11.5. The number of nitrogens with two attached hydrogens (primary N) is 1. The molecule has 2 aromatic heterocycles. The van der Waals surface area contributed by atoms with E-state index in [-0.39, 0.29) is 10.5 Å². The molecule has 0 aliphatic rings. The Morgan fingerprint density at radius 1 is 1.44 bits per heavy atom. The lowest BCUT2D eigenvalue weighted by Crippen LogP contribution is -2.32. The summed E-state index contributed by atoms with van der Waals surface area (Å²) in [6.07, 6.45) is 4.36. The van der Waals surface area contributed by atoms with E-state index >= 15 is 0 Å². The van der Waals surface area contributed by atoms with Gasteiger partial charge in [0.2, 0.25) is 0 Å². The molecule has 0 bridgehead atoms. The van der Waals surface area contributed by atoms with Crippen molar-refractivity contribution in [2.24, 2.45) is 5.73 Å². The predicted molar refractivity (Wildman–Crippen MR) is 93.2 cm³/mol. The number of ether oxygens (including phenoxy) is 1. The number of fused-ring (bicyclic) bond motifs is 1. The van der Waals surface area contributed by atoms with Gasteiger partial charge in [-0.2, -0.15) is 0 Å². The third-order valence-corrected chi connectivity index (χ3v) is 3.77. The third kappa shape index (κ3) is 5.11. The van der Waals surface area contributed by atoms with E-state index < -0.39 is 17.6 Å². The number of primary amides is 1. The highest BCUT2D eigenvalue weighted by molar-refractivity contribution is 7.15. The summed E-state index contributed by atoms with van der Waals surface area (Å²) in [6.45, 7) is 6.07. The van der Waals surface area contributed by atoms with Crippen molar-refractivity contribution in [2.75, 3.05) is 6.54 Å². The summed E-state index contributed by atoms with van der Waals surface area (Å²) in [5.41, 5.74) is 5.21. The zero-order valence-electron chi connectivity index (χ0n) is 14.2. The molecule has 2 rings (SSSR count). The van der Waals surface area contributed by atoms with Crippen LogP contribution >= 0.6 is 11.3 Å². The fourth-order valence-corrected chi connectivity index (χ4v) is 2.72. The van der Waals surface area contributed by atoms with Crippen molar-refractivity contribution in [1.82, 2.24) is 19.9 Å². The highest BCUT2D eigenvalue weighted by Gasteiger charge is 2.15. The van der Waals surface area contributed by atoms with Gasteiger partial charge >= 0.3 is 6.09 Å².